The van der Waals surface area contributed by atoms with Crippen molar-refractivity contribution in [2.75, 3.05) is 9.80 Å². The van der Waals surface area contributed by atoms with Crippen LogP contribution in [0.3, 0.4) is 0 Å². The topological polar surface area (TPSA) is 45.7 Å². The van der Waals surface area contributed by atoms with Gasteiger partial charge in [0.1, 0.15) is 28.3 Å². The zero-order chi connectivity index (χ0) is 36.8. The molecule has 0 fully saturated rings. The number of furan rings is 2. The second kappa shape index (κ2) is 10.7. The highest BCUT2D eigenvalue weighted by Gasteiger charge is 2.50. The molecule has 1 aliphatic carbocycles. The highest BCUT2D eigenvalue weighted by Crippen LogP contribution is 2.51. The van der Waals surface area contributed by atoms with Crippen LogP contribution in [0, 0.1) is 13.8 Å². The molecule has 0 spiro atoms. The van der Waals surface area contributed by atoms with Gasteiger partial charge in [-0.1, -0.05) is 89.9 Å². The van der Waals surface area contributed by atoms with Gasteiger partial charge in [0, 0.05) is 39.5 Å². The Bertz CT molecular complexity index is 2650. The van der Waals surface area contributed by atoms with E-state index in [1.165, 1.54) is 34.2 Å². The van der Waals surface area contributed by atoms with Gasteiger partial charge in [0.25, 0.3) is 0 Å². The van der Waals surface area contributed by atoms with E-state index >= 15 is 0 Å². The fourth-order valence-corrected chi connectivity index (χ4v) is 9.34. The second-order valence-corrected chi connectivity index (χ2v) is 18.1. The fourth-order valence-electron chi connectivity index (χ4n) is 9.34. The van der Waals surface area contributed by atoms with Crippen LogP contribution in [0.5, 0.6) is 0 Å². The lowest BCUT2D eigenvalue weighted by Crippen LogP contribution is -2.60. The summed E-state index contributed by atoms with van der Waals surface area (Å²) in [7, 11) is 0. The van der Waals surface area contributed by atoms with Crippen molar-refractivity contribution in [3.8, 4) is 0 Å². The maximum atomic E-state index is 7.06. The quantitative estimate of drug-likeness (QED) is 0.169. The third kappa shape index (κ3) is 4.60. The molecule has 0 saturated carbocycles. The van der Waals surface area contributed by atoms with E-state index in [0.717, 1.165) is 79.4 Å². The lowest BCUT2D eigenvalue weighted by atomic mass is 9.38. The molecule has 5 heterocycles. The number of nitrogens with zero attached hydrogens (tertiary/aromatic N) is 3. The van der Waals surface area contributed by atoms with Gasteiger partial charge in [0.2, 0.25) is 0 Å². The maximum Gasteiger partial charge on any atom is 0.343 e. The monoisotopic (exact) mass is 695 g/mol. The van der Waals surface area contributed by atoms with Crippen LogP contribution in [0.2, 0.25) is 0 Å². The summed E-state index contributed by atoms with van der Waals surface area (Å²) in [5.74, 6) is 0.902. The molecule has 7 aromatic rings. The zero-order valence-corrected chi connectivity index (χ0v) is 32.3. The van der Waals surface area contributed by atoms with Crippen LogP contribution in [-0.4, -0.2) is 11.7 Å². The van der Waals surface area contributed by atoms with E-state index in [1.807, 2.05) is 6.20 Å². The standard InChI is InChI=1S/C47H46BN3O2/c1-27-10-18-37-32(24-27)40-42(52-37)48-39-36(50(40)31-16-17-34-35(26-31)47(8,9)22-21-46(34,6)7)20-23-49-44(39)51(30-14-12-29(13-15-30)45(3,4)5)41-33-25-28(2)11-19-38(33)53-43(41)48/h10-20,23-26H,21-22H2,1-9H3. The molecule has 0 amide bonds. The van der Waals surface area contributed by atoms with Crippen molar-refractivity contribution >= 4 is 79.7 Å². The summed E-state index contributed by atoms with van der Waals surface area (Å²) in [6.45, 7) is 20.4. The molecule has 0 atom stereocenters. The Labute approximate surface area is 312 Å². The van der Waals surface area contributed by atoms with E-state index in [2.05, 4.69) is 157 Å². The number of hydrogen-bond acceptors (Lipinski definition) is 5. The van der Waals surface area contributed by atoms with Crippen LogP contribution in [-0.2, 0) is 16.2 Å². The molecule has 0 saturated heterocycles. The Balaban J connectivity index is 1.29. The first-order valence-electron chi connectivity index (χ1n) is 19.1. The third-order valence-electron chi connectivity index (χ3n) is 12.4. The van der Waals surface area contributed by atoms with Crippen molar-refractivity contribution in [3.05, 3.63) is 119 Å². The Hall–Kier alpha value is -5.23. The van der Waals surface area contributed by atoms with Crippen LogP contribution in [0.4, 0.5) is 34.3 Å². The summed E-state index contributed by atoms with van der Waals surface area (Å²) < 4.78 is 14.1. The van der Waals surface area contributed by atoms with Gasteiger partial charge < -0.3 is 13.7 Å². The first-order chi connectivity index (χ1) is 25.2. The number of pyridine rings is 1. The van der Waals surface area contributed by atoms with Gasteiger partial charge in [-0.05, 0) is 114 Å². The van der Waals surface area contributed by atoms with Crippen molar-refractivity contribution < 1.29 is 8.83 Å². The predicted molar refractivity (Wildman–Crippen MR) is 221 cm³/mol. The van der Waals surface area contributed by atoms with Gasteiger partial charge in [-0.3, -0.25) is 4.90 Å². The van der Waals surface area contributed by atoms with Crippen molar-refractivity contribution in [2.45, 2.75) is 91.4 Å². The van der Waals surface area contributed by atoms with E-state index in [-0.39, 0.29) is 23.0 Å². The minimum atomic E-state index is -0.284. The Morgan fingerprint density at radius 2 is 1.21 bits per heavy atom. The van der Waals surface area contributed by atoms with Gasteiger partial charge in [-0.15, -0.1) is 0 Å². The number of fused-ring (bicyclic) bond motifs is 9. The van der Waals surface area contributed by atoms with Gasteiger partial charge >= 0.3 is 6.71 Å². The van der Waals surface area contributed by atoms with Crippen LogP contribution in [0.25, 0.3) is 21.9 Å². The number of aryl methyl sites for hydroxylation is 2. The van der Waals surface area contributed by atoms with Crippen LogP contribution in [0.1, 0.15) is 89.1 Å². The Morgan fingerprint density at radius 1 is 0.642 bits per heavy atom. The number of anilines is 6. The van der Waals surface area contributed by atoms with Gasteiger partial charge in [0.05, 0.1) is 11.4 Å². The van der Waals surface area contributed by atoms with E-state index in [9.17, 15) is 0 Å². The SMILES string of the molecule is Cc1ccc2oc3c(c2c1)N(c1ccc2c(c1)C(C)(C)CCC2(C)C)c1ccnc2c1B3c1oc3ccc(C)cc3c1N2c1ccc(C(C)(C)C)cc1. The van der Waals surface area contributed by atoms with Gasteiger partial charge in [-0.2, -0.15) is 0 Å². The first-order valence-corrected chi connectivity index (χ1v) is 19.1. The molecular formula is C47H46BN3O2. The molecule has 3 aromatic heterocycles. The van der Waals surface area contributed by atoms with E-state index in [1.54, 1.807) is 0 Å². The first kappa shape index (κ1) is 32.4. The molecule has 10 rings (SSSR count). The third-order valence-corrected chi connectivity index (χ3v) is 12.4. The highest BCUT2D eigenvalue weighted by atomic mass is 16.3. The Morgan fingerprint density at radius 3 is 1.81 bits per heavy atom. The smallest absolute Gasteiger partial charge is 0.343 e. The summed E-state index contributed by atoms with van der Waals surface area (Å²) in [5.41, 5.74) is 16.8. The number of benzene rings is 4. The Kier molecular flexibility index (Phi) is 6.54. The number of hydrogen-bond donors (Lipinski definition) is 0. The van der Waals surface area contributed by atoms with Gasteiger partial charge in [-0.25, -0.2) is 4.98 Å². The molecule has 6 heteroatoms. The molecular weight excluding hydrogens is 649 g/mol. The number of aromatic nitrogens is 1. The molecule has 5 nitrogen and oxygen atoms in total. The maximum absolute atomic E-state index is 7.06. The molecule has 2 aliphatic heterocycles. The van der Waals surface area contributed by atoms with Crippen molar-refractivity contribution in [3.63, 3.8) is 0 Å². The fraction of sp³-hybridized carbons (Fsp3) is 0.298. The summed E-state index contributed by atoms with van der Waals surface area (Å²) in [6, 6.07) is 31.4. The van der Waals surface area contributed by atoms with Crippen molar-refractivity contribution in [1.29, 1.82) is 0 Å². The minimum absolute atomic E-state index is 0.0372. The minimum Gasteiger partial charge on any atom is -0.468 e. The van der Waals surface area contributed by atoms with Crippen LogP contribution in [0.15, 0.2) is 100.0 Å². The summed E-state index contributed by atoms with van der Waals surface area (Å²) in [5, 5.41) is 2.18. The molecule has 0 radical (unpaired) electrons. The normalized spacial score (nSPS) is 16.8. The molecule has 0 N–H and O–H groups in total. The molecule has 4 aromatic carbocycles. The van der Waals surface area contributed by atoms with Crippen molar-refractivity contribution in [2.24, 2.45) is 0 Å². The lowest BCUT2D eigenvalue weighted by molar-refractivity contribution is 0.332. The largest absolute Gasteiger partial charge is 0.468 e. The molecule has 3 aliphatic rings. The highest BCUT2D eigenvalue weighted by molar-refractivity contribution is 6.99. The summed E-state index contributed by atoms with van der Waals surface area (Å²) in [6.07, 6.45) is 4.31. The lowest BCUT2D eigenvalue weighted by Gasteiger charge is -2.43. The average Bonchev–Trinajstić information content (AvgIpc) is 3.68. The molecule has 264 valence electrons. The molecule has 0 unspecified atom stereocenters. The average molecular weight is 696 g/mol. The van der Waals surface area contributed by atoms with Crippen LogP contribution < -0.4 is 26.6 Å². The van der Waals surface area contributed by atoms with Gasteiger partial charge in [0.15, 0.2) is 0 Å². The molecule has 53 heavy (non-hydrogen) atoms. The van der Waals surface area contributed by atoms with Crippen molar-refractivity contribution in [1.82, 2.24) is 4.98 Å². The number of rotatable bonds is 2. The van der Waals surface area contributed by atoms with Crippen LogP contribution >= 0.6 is 0 Å². The summed E-state index contributed by atoms with van der Waals surface area (Å²) in [4.78, 5) is 10.0. The van der Waals surface area contributed by atoms with E-state index in [4.69, 9.17) is 13.8 Å². The van der Waals surface area contributed by atoms with E-state index < -0.39 is 0 Å². The second-order valence-electron chi connectivity index (χ2n) is 18.1. The predicted octanol–water partition coefficient (Wildman–Crippen LogP) is 10.9. The zero-order valence-electron chi connectivity index (χ0n) is 32.3. The summed E-state index contributed by atoms with van der Waals surface area (Å²) >= 11 is 0. The van der Waals surface area contributed by atoms with E-state index in [0.29, 0.717) is 0 Å². The molecule has 0 bridgehead atoms.